The van der Waals surface area contributed by atoms with Gasteiger partial charge in [-0.15, -0.1) is 0 Å². The molecule has 7 nitrogen and oxygen atoms in total. The molecule has 1 amide bonds. The number of rotatable bonds is 6. The molecule has 2 N–H and O–H groups in total. The molecular weight excluding hydrogens is 402 g/mol. The highest BCUT2D eigenvalue weighted by Crippen LogP contribution is 2.23. The first-order chi connectivity index (χ1) is 14.1. The first kappa shape index (κ1) is 21.7. The van der Waals surface area contributed by atoms with E-state index in [4.69, 9.17) is 4.52 Å². The van der Waals surface area contributed by atoms with Crippen molar-refractivity contribution < 1.29 is 17.7 Å². The van der Waals surface area contributed by atoms with E-state index in [1.807, 2.05) is 24.3 Å². The van der Waals surface area contributed by atoms with Crippen molar-refractivity contribution in [3.05, 3.63) is 65.7 Å². The molecule has 2 aromatic carbocycles. The molecule has 0 unspecified atom stereocenters. The Hall–Kier alpha value is -2.97. The maximum atomic E-state index is 12.5. The van der Waals surface area contributed by atoms with Gasteiger partial charge in [-0.25, -0.2) is 13.1 Å². The van der Waals surface area contributed by atoms with Crippen molar-refractivity contribution in [2.75, 3.05) is 5.32 Å². The van der Waals surface area contributed by atoms with Crippen LogP contribution < -0.4 is 10.0 Å². The summed E-state index contributed by atoms with van der Waals surface area (Å²) in [5, 5.41) is 6.63. The molecule has 0 bridgehead atoms. The number of carbonyl (C=O) groups excluding carboxylic acids is 1. The molecule has 8 heteroatoms. The molecule has 30 heavy (non-hydrogen) atoms. The Balaban J connectivity index is 1.70. The molecule has 3 aromatic rings. The molecule has 0 aliphatic carbocycles. The summed E-state index contributed by atoms with van der Waals surface area (Å²) in [6, 6.07) is 15.3. The summed E-state index contributed by atoms with van der Waals surface area (Å²) >= 11 is 0. The van der Waals surface area contributed by atoms with Gasteiger partial charge in [0, 0.05) is 22.7 Å². The monoisotopic (exact) mass is 427 g/mol. The van der Waals surface area contributed by atoms with Gasteiger partial charge in [0.2, 0.25) is 15.9 Å². The smallest absolute Gasteiger partial charge is 0.258 e. The van der Waals surface area contributed by atoms with Gasteiger partial charge in [-0.1, -0.05) is 36.3 Å². The summed E-state index contributed by atoms with van der Waals surface area (Å²) in [6.07, 6.45) is 0.951. The maximum absolute atomic E-state index is 12.5. The van der Waals surface area contributed by atoms with E-state index in [-0.39, 0.29) is 10.8 Å². The van der Waals surface area contributed by atoms with Crippen LogP contribution in [0, 0.1) is 0 Å². The van der Waals surface area contributed by atoms with Crippen LogP contribution in [0.4, 0.5) is 5.88 Å². The Labute approximate surface area is 176 Å². The van der Waals surface area contributed by atoms with Crippen molar-refractivity contribution in [2.45, 2.75) is 44.6 Å². The lowest BCUT2D eigenvalue weighted by Gasteiger charge is -2.20. The van der Waals surface area contributed by atoms with E-state index in [2.05, 4.69) is 22.1 Å². The van der Waals surface area contributed by atoms with Crippen molar-refractivity contribution >= 4 is 21.8 Å². The first-order valence-electron chi connectivity index (χ1n) is 9.59. The Morgan fingerprint density at radius 3 is 2.23 bits per heavy atom. The van der Waals surface area contributed by atoms with Crippen LogP contribution in [0.5, 0.6) is 0 Å². The van der Waals surface area contributed by atoms with E-state index in [1.165, 1.54) is 29.8 Å². The van der Waals surface area contributed by atoms with Crippen LogP contribution in [0.3, 0.4) is 0 Å². The van der Waals surface area contributed by atoms with Gasteiger partial charge in [-0.05, 0) is 57.0 Å². The Morgan fingerprint density at radius 2 is 1.67 bits per heavy atom. The summed E-state index contributed by atoms with van der Waals surface area (Å²) in [5.74, 6) is -0.215. The number of amides is 1. The molecule has 0 saturated carbocycles. The number of aryl methyl sites for hydroxylation is 1. The molecule has 0 spiro atoms. The highest BCUT2D eigenvalue weighted by molar-refractivity contribution is 7.89. The van der Waals surface area contributed by atoms with Gasteiger partial charge in [-0.2, -0.15) is 0 Å². The summed E-state index contributed by atoms with van der Waals surface area (Å²) in [7, 11) is -3.66. The van der Waals surface area contributed by atoms with Crippen LogP contribution in [0.25, 0.3) is 11.3 Å². The van der Waals surface area contributed by atoms with E-state index < -0.39 is 21.5 Å². The molecule has 0 radical (unpaired) electrons. The highest BCUT2D eigenvalue weighted by atomic mass is 32.2. The van der Waals surface area contributed by atoms with Crippen LogP contribution in [-0.4, -0.2) is 25.0 Å². The topological polar surface area (TPSA) is 101 Å². The molecular formula is C22H25N3O4S. The number of nitrogens with one attached hydrogen (secondary N) is 2. The number of hydrogen-bond acceptors (Lipinski definition) is 5. The average molecular weight is 428 g/mol. The zero-order chi connectivity index (χ0) is 21.9. The second kappa shape index (κ2) is 8.41. The molecule has 0 aliphatic heterocycles. The fourth-order valence-electron chi connectivity index (χ4n) is 2.81. The average Bonchev–Trinajstić information content (AvgIpc) is 3.15. The van der Waals surface area contributed by atoms with Gasteiger partial charge < -0.3 is 4.52 Å². The SMILES string of the molecule is CCc1ccc(-c2cc(NC(=O)c3ccc(S(=O)(=O)NC(C)(C)C)cc3)on2)cc1. The molecule has 0 aliphatic rings. The maximum Gasteiger partial charge on any atom is 0.258 e. The van der Waals surface area contributed by atoms with E-state index in [1.54, 1.807) is 26.8 Å². The minimum absolute atomic E-state index is 0.0893. The Bertz CT molecular complexity index is 1130. The normalized spacial score (nSPS) is 12.0. The van der Waals surface area contributed by atoms with Crippen molar-refractivity contribution in [1.82, 2.24) is 9.88 Å². The van der Waals surface area contributed by atoms with E-state index in [0.29, 0.717) is 11.3 Å². The van der Waals surface area contributed by atoms with E-state index in [9.17, 15) is 13.2 Å². The lowest BCUT2D eigenvalue weighted by molar-refractivity contribution is 0.102. The zero-order valence-corrected chi connectivity index (χ0v) is 18.2. The molecule has 158 valence electrons. The minimum Gasteiger partial charge on any atom is -0.338 e. The molecule has 1 aromatic heterocycles. The quantitative estimate of drug-likeness (QED) is 0.613. The predicted octanol–water partition coefficient (Wildman–Crippen LogP) is 4.23. The van der Waals surface area contributed by atoms with Gasteiger partial charge in [0.05, 0.1) is 4.90 Å². The lowest BCUT2D eigenvalue weighted by atomic mass is 10.1. The van der Waals surface area contributed by atoms with Crippen molar-refractivity contribution in [3.8, 4) is 11.3 Å². The number of anilines is 1. The van der Waals surface area contributed by atoms with E-state index >= 15 is 0 Å². The first-order valence-corrected chi connectivity index (χ1v) is 11.1. The van der Waals surface area contributed by atoms with Crippen LogP contribution in [-0.2, 0) is 16.4 Å². The third-order valence-corrected chi connectivity index (χ3v) is 6.05. The largest absolute Gasteiger partial charge is 0.338 e. The van der Waals surface area contributed by atoms with Gasteiger partial charge in [0.15, 0.2) is 0 Å². The van der Waals surface area contributed by atoms with Gasteiger partial charge >= 0.3 is 0 Å². The van der Waals surface area contributed by atoms with Crippen LogP contribution in [0.2, 0.25) is 0 Å². The highest BCUT2D eigenvalue weighted by Gasteiger charge is 2.22. The second-order valence-corrected chi connectivity index (χ2v) is 9.64. The Kier molecular flexibility index (Phi) is 6.09. The number of benzene rings is 2. The number of nitrogens with zero attached hydrogens (tertiary/aromatic N) is 1. The summed E-state index contributed by atoms with van der Waals surface area (Å²) in [5.41, 5.74) is 2.42. The third-order valence-electron chi connectivity index (χ3n) is 4.27. The van der Waals surface area contributed by atoms with Crippen molar-refractivity contribution in [2.24, 2.45) is 0 Å². The number of sulfonamides is 1. The third kappa shape index (κ3) is 5.34. The van der Waals surface area contributed by atoms with Crippen LogP contribution in [0.15, 0.2) is 64.0 Å². The fourth-order valence-corrected chi connectivity index (χ4v) is 4.23. The fraction of sp³-hybridized carbons (Fsp3) is 0.273. The zero-order valence-electron chi connectivity index (χ0n) is 17.4. The lowest BCUT2D eigenvalue weighted by Crippen LogP contribution is -2.40. The Morgan fingerprint density at radius 1 is 1.03 bits per heavy atom. The van der Waals surface area contributed by atoms with E-state index in [0.717, 1.165) is 12.0 Å². The minimum atomic E-state index is -3.66. The predicted molar refractivity (Wildman–Crippen MR) is 116 cm³/mol. The number of carbonyl (C=O) groups is 1. The standard InChI is InChI=1S/C22H25N3O4S/c1-5-15-6-8-16(9-7-15)19-14-20(29-24-19)23-21(26)17-10-12-18(13-11-17)30(27,28)25-22(2,3)4/h6-14,25H,5H2,1-4H3,(H,23,26). The summed E-state index contributed by atoms with van der Waals surface area (Å²) < 4.78 is 32.5. The van der Waals surface area contributed by atoms with Gasteiger partial charge in [0.25, 0.3) is 5.91 Å². The van der Waals surface area contributed by atoms with Crippen molar-refractivity contribution in [3.63, 3.8) is 0 Å². The van der Waals surface area contributed by atoms with Gasteiger partial charge in [-0.3, -0.25) is 10.1 Å². The summed E-state index contributed by atoms with van der Waals surface area (Å²) in [4.78, 5) is 12.6. The molecule has 0 saturated heterocycles. The second-order valence-electron chi connectivity index (χ2n) is 7.96. The number of hydrogen-bond donors (Lipinski definition) is 2. The van der Waals surface area contributed by atoms with Crippen LogP contribution in [0.1, 0.15) is 43.6 Å². The molecule has 1 heterocycles. The number of aromatic nitrogens is 1. The molecule has 0 fully saturated rings. The molecule has 3 rings (SSSR count). The van der Waals surface area contributed by atoms with Gasteiger partial charge in [0.1, 0.15) is 5.69 Å². The molecule has 0 atom stereocenters. The summed E-state index contributed by atoms with van der Waals surface area (Å²) in [6.45, 7) is 7.37. The van der Waals surface area contributed by atoms with Crippen molar-refractivity contribution in [1.29, 1.82) is 0 Å². The van der Waals surface area contributed by atoms with Crippen LogP contribution >= 0.6 is 0 Å².